The first-order chi connectivity index (χ1) is 9.02. The second kappa shape index (κ2) is 6.27. The summed E-state index contributed by atoms with van der Waals surface area (Å²) < 4.78 is 6.13. The maximum absolute atomic E-state index is 10.6. The Hall–Kier alpha value is -0.540. The van der Waals surface area contributed by atoms with Gasteiger partial charge in [-0.3, -0.25) is 0 Å². The van der Waals surface area contributed by atoms with Gasteiger partial charge < -0.3 is 9.84 Å². The van der Waals surface area contributed by atoms with Crippen molar-refractivity contribution in [2.24, 2.45) is 17.8 Å². The molecule has 0 heterocycles. The van der Waals surface area contributed by atoms with Gasteiger partial charge >= 0.3 is 0 Å². The highest BCUT2D eigenvalue weighted by atomic mass is 79.9. The summed E-state index contributed by atoms with van der Waals surface area (Å²) in [7, 11) is 1.65. The number of methoxy groups -OCH3 is 1. The van der Waals surface area contributed by atoms with Gasteiger partial charge in [-0.2, -0.15) is 0 Å². The minimum atomic E-state index is -0.364. The van der Waals surface area contributed by atoms with Crippen LogP contribution in [0, 0.1) is 17.8 Å². The zero-order chi connectivity index (χ0) is 14.0. The molecule has 2 nitrogen and oxygen atoms in total. The van der Waals surface area contributed by atoms with Crippen LogP contribution in [0.5, 0.6) is 5.75 Å². The third-order valence-corrected chi connectivity index (χ3v) is 5.22. The van der Waals surface area contributed by atoms with E-state index in [4.69, 9.17) is 4.74 Å². The Morgan fingerprint density at radius 1 is 1.26 bits per heavy atom. The zero-order valence-corrected chi connectivity index (χ0v) is 13.5. The minimum Gasteiger partial charge on any atom is -0.496 e. The summed E-state index contributed by atoms with van der Waals surface area (Å²) in [5, 5.41) is 10.6. The summed E-state index contributed by atoms with van der Waals surface area (Å²) in [6.45, 7) is 4.62. The lowest BCUT2D eigenvalue weighted by Gasteiger charge is -2.34. The van der Waals surface area contributed by atoms with Crippen molar-refractivity contribution in [1.82, 2.24) is 0 Å². The number of halogens is 1. The van der Waals surface area contributed by atoms with E-state index in [-0.39, 0.29) is 6.10 Å². The summed E-state index contributed by atoms with van der Waals surface area (Å²) in [6, 6.07) is 5.86. The van der Waals surface area contributed by atoms with Gasteiger partial charge in [0.25, 0.3) is 0 Å². The molecule has 0 bridgehead atoms. The Kier molecular flexibility index (Phi) is 4.91. The monoisotopic (exact) mass is 326 g/mol. The van der Waals surface area contributed by atoms with Crippen molar-refractivity contribution >= 4 is 15.9 Å². The molecule has 106 valence electrons. The van der Waals surface area contributed by atoms with Crippen molar-refractivity contribution in [1.29, 1.82) is 0 Å². The van der Waals surface area contributed by atoms with E-state index in [2.05, 4.69) is 29.8 Å². The first-order valence-corrected chi connectivity index (χ1v) is 7.83. The molecule has 0 aliphatic heterocycles. The van der Waals surface area contributed by atoms with Gasteiger partial charge in [-0.1, -0.05) is 26.3 Å². The maximum atomic E-state index is 10.6. The number of hydrogen-bond donors (Lipinski definition) is 1. The van der Waals surface area contributed by atoms with Crippen LogP contribution < -0.4 is 4.74 Å². The van der Waals surface area contributed by atoms with E-state index in [1.165, 1.54) is 6.42 Å². The van der Waals surface area contributed by atoms with Crippen LogP contribution in [0.15, 0.2) is 22.7 Å². The van der Waals surface area contributed by atoms with Crippen LogP contribution in [0.3, 0.4) is 0 Å². The number of rotatable bonds is 3. The van der Waals surface area contributed by atoms with Crippen LogP contribution in [0.4, 0.5) is 0 Å². The maximum Gasteiger partial charge on any atom is 0.133 e. The molecule has 1 aromatic carbocycles. The molecule has 1 fully saturated rings. The largest absolute Gasteiger partial charge is 0.496 e. The van der Waals surface area contributed by atoms with Gasteiger partial charge in [0.1, 0.15) is 5.75 Å². The fourth-order valence-corrected chi connectivity index (χ4v) is 3.57. The molecule has 0 spiro atoms. The molecule has 1 saturated carbocycles. The average Bonchev–Trinajstić information content (AvgIpc) is 2.41. The molecule has 0 saturated heterocycles. The van der Waals surface area contributed by atoms with Crippen LogP contribution in [0.2, 0.25) is 0 Å². The number of aliphatic hydroxyl groups excluding tert-OH is 1. The van der Waals surface area contributed by atoms with Gasteiger partial charge in [0.2, 0.25) is 0 Å². The standard InChI is InChI=1S/C16H23BrO2/c1-10-4-5-12(8-11(10)2)16(18)13-6-7-15(19-3)14(17)9-13/h6-7,9-12,16,18H,4-5,8H2,1-3H3. The average molecular weight is 327 g/mol. The lowest BCUT2D eigenvalue weighted by molar-refractivity contribution is 0.0560. The van der Waals surface area contributed by atoms with Gasteiger partial charge in [0.05, 0.1) is 17.7 Å². The van der Waals surface area contributed by atoms with Gasteiger partial charge in [0, 0.05) is 0 Å². The minimum absolute atomic E-state index is 0.364. The third-order valence-electron chi connectivity index (χ3n) is 4.60. The van der Waals surface area contributed by atoms with Crippen molar-refractivity contribution in [2.45, 2.75) is 39.2 Å². The second-order valence-electron chi connectivity index (χ2n) is 5.87. The van der Waals surface area contributed by atoms with Crippen LogP contribution in [-0.4, -0.2) is 12.2 Å². The van der Waals surface area contributed by atoms with E-state index in [1.807, 2.05) is 18.2 Å². The number of hydrogen-bond acceptors (Lipinski definition) is 2. The molecule has 19 heavy (non-hydrogen) atoms. The predicted molar refractivity (Wildman–Crippen MR) is 81.3 cm³/mol. The van der Waals surface area contributed by atoms with Gasteiger partial charge in [0.15, 0.2) is 0 Å². The predicted octanol–water partition coefficient (Wildman–Crippen LogP) is 4.56. The summed E-state index contributed by atoms with van der Waals surface area (Å²) in [5.41, 5.74) is 0.986. The normalized spacial score (nSPS) is 29.0. The van der Waals surface area contributed by atoms with Crippen molar-refractivity contribution < 1.29 is 9.84 Å². The molecule has 2 rings (SSSR count). The van der Waals surface area contributed by atoms with E-state index in [0.29, 0.717) is 11.8 Å². The van der Waals surface area contributed by atoms with Crippen LogP contribution in [0.25, 0.3) is 0 Å². The van der Waals surface area contributed by atoms with Gasteiger partial charge in [-0.05, 0) is 64.2 Å². The van der Waals surface area contributed by atoms with Crippen LogP contribution >= 0.6 is 15.9 Å². The molecule has 0 amide bonds. The lowest BCUT2D eigenvalue weighted by Crippen LogP contribution is -2.25. The summed E-state index contributed by atoms with van der Waals surface area (Å²) in [6.07, 6.45) is 3.10. The van der Waals surface area contributed by atoms with Crippen LogP contribution in [0.1, 0.15) is 44.8 Å². The Morgan fingerprint density at radius 2 is 2.00 bits per heavy atom. The Bertz CT molecular complexity index is 433. The fourth-order valence-electron chi connectivity index (χ4n) is 3.01. The number of ether oxygens (including phenoxy) is 1. The molecule has 1 aliphatic rings. The Morgan fingerprint density at radius 3 is 2.58 bits per heavy atom. The highest BCUT2D eigenvalue weighted by molar-refractivity contribution is 9.10. The Balaban J connectivity index is 2.11. The summed E-state index contributed by atoms with van der Waals surface area (Å²) in [4.78, 5) is 0. The highest BCUT2D eigenvalue weighted by Gasteiger charge is 2.30. The number of aliphatic hydroxyl groups is 1. The van der Waals surface area contributed by atoms with Crippen LogP contribution in [-0.2, 0) is 0 Å². The SMILES string of the molecule is COc1ccc(C(O)C2CCC(C)C(C)C2)cc1Br. The lowest BCUT2D eigenvalue weighted by atomic mass is 9.73. The van der Waals surface area contributed by atoms with E-state index in [9.17, 15) is 5.11 Å². The number of benzene rings is 1. The first kappa shape index (κ1) is 14.9. The molecule has 3 heteroatoms. The van der Waals surface area contributed by atoms with Gasteiger partial charge in [-0.25, -0.2) is 0 Å². The molecular formula is C16H23BrO2. The highest BCUT2D eigenvalue weighted by Crippen LogP contribution is 2.40. The van der Waals surface area contributed by atoms with E-state index in [0.717, 1.165) is 34.5 Å². The van der Waals surface area contributed by atoms with Gasteiger partial charge in [-0.15, -0.1) is 0 Å². The molecule has 4 unspecified atom stereocenters. The van der Waals surface area contributed by atoms with E-state index < -0.39 is 0 Å². The molecule has 4 atom stereocenters. The topological polar surface area (TPSA) is 29.5 Å². The summed E-state index contributed by atoms with van der Waals surface area (Å²) >= 11 is 3.48. The van der Waals surface area contributed by atoms with Crippen molar-refractivity contribution in [2.75, 3.05) is 7.11 Å². The molecule has 1 aliphatic carbocycles. The third kappa shape index (κ3) is 3.32. The first-order valence-electron chi connectivity index (χ1n) is 7.04. The molecular weight excluding hydrogens is 304 g/mol. The second-order valence-corrected chi connectivity index (χ2v) is 6.72. The quantitative estimate of drug-likeness (QED) is 0.882. The molecule has 0 aromatic heterocycles. The van der Waals surface area contributed by atoms with Crippen molar-refractivity contribution in [3.63, 3.8) is 0 Å². The molecule has 0 radical (unpaired) electrons. The smallest absolute Gasteiger partial charge is 0.133 e. The van der Waals surface area contributed by atoms with Crippen molar-refractivity contribution in [3.8, 4) is 5.75 Å². The van der Waals surface area contributed by atoms with E-state index >= 15 is 0 Å². The van der Waals surface area contributed by atoms with Crippen molar-refractivity contribution in [3.05, 3.63) is 28.2 Å². The summed E-state index contributed by atoms with van der Waals surface area (Å²) in [5.74, 6) is 2.68. The fraction of sp³-hybridized carbons (Fsp3) is 0.625. The molecule has 1 N–H and O–H groups in total. The zero-order valence-electron chi connectivity index (χ0n) is 11.9. The Labute approximate surface area is 124 Å². The molecule has 1 aromatic rings. The van der Waals surface area contributed by atoms with E-state index in [1.54, 1.807) is 7.11 Å².